The van der Waals surface area contributed by atoms with Gasteiger partial charge in [0.25, 0.3) is 0 Å². The van der Waals surface area contributed by atoms with Gasteiger partial charge in [0.05, 0.1) is 6.04 Å². The number of benzene rings is 1. The van der Waals surface area contributed by atoms with Crippen molar-refractivity contribution in [1.82, 2.24) is 15.1 Å². The molecule has 4 heteroatoms. The van der Waals surface area contributed by atoms with Crippen LogP contribution in [0.1, 0.15) is 30.5 Å². The summed E-state index contributed by atoms with van der Waals surface area (Å²) in [5.41, 5.74) is 2.57. The predicted molar refractivity (Wildman–Crippen MR) is 78.9 cm³/mol. The van der Waals surface area contributed by atoms with Crippen LogP contribution < -0.4 is 10.1 Å². The van der Waals surface area contributed by atoms with Crippen molar-refractivity contribution < 1.29 is 4.74 Å². The number of hydrogen-bond donors (Lipinski definition) is 1. The van der Waals surface area contributed by atoms with Crippen molar-refractivity contribution in [3.05, 3.63) is 47.8 Å². The molecular weight excluding hydrogens is 250 g/mol. The fourth-order valence-corrected chi connectivity index (χ4v) is 2.66. The fourth-order valence-electron chi connectivity index (χ4n) is 2.66. The molecule has 4 nitrogen and oxygen atoms in total. The van der Waals surface area contributed by atoms with Crippen molar-refractivity contribution in [2.45, 2.75) is 38.9 Å². The summed E-state index contributed by atoms with van der Waals surface area (Å²) in [6.45, 7) is 6.01. The fraction of sp³-hybridized carbons (Fsp3) is 0.438. The molecule has 1 aromatic heterocycles. The lowest BCUT2D eigenvalue weighted by atomic mass is 10.0. The molecule has 2 heterocycles. The van der Waals surface area contributed by atoms with E-state index in [1.54, 1.807) is 0 Å². The van der Waals surface area contributed by atoms with E-state index >= 15 is 0 Å². The van der Waals surface area contributed by atoms with Crippen LogP contribution in [0.15, 0.2) is 36.7 Å². The van der Waals surface area contributed by atoms with Crippen molar-refractivity contribution in [2.24, 2.45) is 0 Å². The van der Waals surface area contributed by atoms with E-state index in [0.29, 0.717) is 12.1 Å². The van der Waals surface area contributed by atoms with Gasteiger partial charge >= 0.3 is 0 Å². The zero-order chi connectivity index (χ0) is 13.9. The van der Waals surface area contributed by atoms with Crippen LogP contribution >= 0.6 is 0 Å². The lowest BCUT2D eigenvalue weighted by Gasteiger charge is -2.19. The largest absolute Gasteiger partial charge is 0.491 e. The van der Waals surface area contributed by atoms with E-state index in [1.165, 1.54) is 11.1 Å². The predicted octanol–water partition coefficient (Wildman–Crippen LogP) is 2.69. The molecule has 2 aromatic rings. The Kier molecular flexibility index (Phi) is 3.74. The van der Waals surface area contributed by atoms with Gasteiger partial charge in [-0.1, -0.05) is 17.7 Å². The number of fused-ring (bicyclic) bond motifs is 1. The molecule has 20 heavy (non-hydrogen) atoms. The van der Waals surface area contributed by atoms with Gasteiger partial charge in [-0.3, -0.25) is 4.68 Å². The van der Waals surface area contributed by atoms with E-state index in [-0.39, 0.29) is 0 Å². The van der Waals surface area contributed by atoms with E-state index < -0.39 is 0 Å². The summed E-state index contributed by atoms with van der Waals surface area (Å²) in [6.07, 6.45) is 4.88. The molecular formula is C16H21N3O. The summed E-state index contributed by atoms with van der Waals surface area (Å²) in [4.78, 5) is 0. The third-order valence-corrected chi connectivity index (χ3v) is 3.78. The number of nitrogens with one attached hydrogen (secondary N) is 1. The maximum atomic E-state index is 5.74. The molecule has 0 spiro atoms. The highest BCUT2D eigenvalue weighted by molar-refractivity contribution is 5.42. The smallest absolute Gasteiger partial charge is 0.124 e. The van der Waals surface area contributed by atoms with Crippen LogP contribution in [0, 0.1) is 6.92 Å². The topological polar surface area (TPSA) is 39.1 Å². The molecule has 0 aliphatic carbocycles. The number of aromatic nitrogens is 2. The van der Waals surface area contributed by atoms with Crippen molar-refractivity contribution >= 4 is 0 Å². The molecule has 1 aliphatic rings. The van der Waals surface area contributed by atoms with Gasteiger partial charge in [0, 0.05) is 30.5 Å². The average molecular weight is 271 g/mol. The van der Waals surface area contributed by atoms with E-state index in [9.17, 15) is 0 Å². The molecule has 0 bridgehead atoms. The molecule has 0 amide bonds. The molecule has 106 valence electrons. The van der Waals surface area contributed by atoms with Gasteiger partial charge in [-0.25, -0.2) is 0 Å². The number of nitrogens with zero attached hydrogens (tertiary/aromatic N) is 2. The summed E-state index contributed by atoms with van der Waals surface area (Å²) >= 11 is 0. The minimum absolute atomic E-state index is 0.303. The maximum absolute atomic E-state index is 5.74. The highest BCUT2D eigenvalue weighted by atomic mass is 16.5. The van der Waals surface area contributed by atoms with Crippen molar-refractivity contribution in [2.75, 3.05) is 6.61 Å². The Bertz CT molecular complexity index is 565. The first-order valence-corrected chi connectivity index (χ1v) is 7.19. The monoisotopic (exact) mass is 271 g/mol. The maximum Gasteiger partial charge on any atom is 0.124 e. The minimum Gasteiger partial charge on any atom is -0.491 e. The average Bonchev–Trinajstić information content (AvgIpc) is 3.07. The van der Waals surface area contributed by atoms with Gasteiger partial charge in [-0.2, -0.15) is 5.10 Å². The molecule has 1 aliphatic heterocycles. The minimum atomic E-state index is 0.303. The summed E-state index contributed by atoms with van der Waals surface area (Å²) in [5, 5.41) is 7.89. The van der Waals surface area contributed by atoms with Gasteiger partial charge in [-0.15, -0.1) is 0 Å². The Hall–Kier alpha value is -1.81. The van der Waals surface area contributed by atoms with E-state index in [0.717, 1.165) is 25.3 Å². The molecule has 0 saturated heterocycles. The molecule has 0 radical (unpaired) electrons. The molecule has 3 rings (SSSR count). The van der Waals surface area contributed by atoms with Crippen LogP contribution in [-0.2, 0) is 6.54 Å². The van der Waals surface area contributed by atoms with Gasteiger partial charge < -0.3 is 10.1 Å². The van der Waals surface area contributed by atoms with Gasteiger partial charge in [0.1, 0.15) is 12.4 Å². The van der Waals surface area contributed by atoms with E-state index in [4.69, 9.17) is 4.74 Å². The molecule has 0 saturated carbocycles. The Morgan fingerprint density at radius 3 is 3.20 bits per heavy atom. The molecule has 1 N–H and O–H groups in total. The third-order valence-electron chi connectivity index (χ3n) is 3.78. The second-order valence-electron chi connectivity index (χ2n) is 5.53. The van der Waals surface area contributed by atoms with Gasteiger partial charge in [-0.05, 0) is 32.4 Å². The zero-order valence-corrected chi connectivity index (χ0v) is 12.0. The highest BCUT2D eigenvalue weighted by Crippen LogP contribution is 2.33. The third kappa shape index (κ3) is 2.85. The molecule has 0 fully saturated rings. The van der Waals surface area contributed by atoms with Crippen LogP contribution in [0.5, 0.6) is 5.75 Å². The zero-order valence-electron chi connectivity index (χ0n) is 12.0. The number of rotatable bonds is 5. The second kappa shape index (κ2) is 5.67. The standard InChI is InChI=1S/C16H21N3O/c1-12-4-5-16-14(10-12)15(11-20-16)18-13(2)6-9-19-8-3-7-17-19/h3-5,7-8,10,13,15,18H,6,9,11H2,1-2H3/t13-,15-/m1/s1. The summed E-state index contributed by atoms with van der Waals surface area (Å²) < 4.78 is 7.71. The summed E-state index contributed by atoms with van der Waals surface area (Å²) in [6, 6.07) is 9.09. The first-order chi connectivity index (χ1) is 9.72. The van der Waals surface area contributed by atoms with Crippen LogP contribution in [0.3, 0.4) is 0 Å². The lowest BCUT2D eigenvalue weighted by Crippen LogP contribution is -2.32. The Morgan fingerprint density at radius 2 is 2.40 bits per heavy atom. The van der Waals surface area contributed by atoms with Crippen molar-refractivity contribution in [1.29, 1.82) is 0 Å². The highest BCUT2D eigenvalue weighted by Gasteiger charge is 2.25. The Balaban J connectivity index is 1.58. The van der Waals surface area contributed by atoms with Crippen LogP contribution in [0.2, 0.25) is 0 Å². The molecule has 2 atom stereocenters. The summed E-state index contributed by atoms with van der Waals surface area (Å²) in [5.74, 6) is 1.02. The number of hydrogen-bond acceptors (Lipinski definition) is 3. The second-order valence-corrected chi connectivity index (χ2v) is 5.53. The lowest BCUT2D eigenvalue weighted by molar-refractivity contribution is 0.294. The van der Waals surface area contributed by atoms with Crippen molar-refractivity contribution in [3.63, 3.8) is 0 Å². The molecule has 1 aromatic carbocycles. The van der Waals surface area contributed by atoms with Crippen LogP contribution in [0.25, 0.3) is 0 Å². The normalized spacial score (nSPS) is 18.6. The van der Waals surface area contributed by atoms with Crippen LogP contribution in [-0.4, -0.2) is 22.4 Å². The Morgan fingerprint density at radius 1 is 1.50 bits per heavy atom. The quantitative estimate of drug-likeness (QED) is 0.908. The van der Waals surface area contributed by atoms with E-state index in [1.807, 2.05) is 23.1 Å². The Labute approximate surface area is 119 Å². The van der Waals surface area contributed by atoms with Crippen molar-refractivity contribution in [3.8, 4) is 5.75 Å². The first-order valence-electron chi connectivity index (χ1n) is 7.19. The SMILES string of the molecule is Cc1ccc2c(c1)[C@H](N[C@H](C)CCn1cccn1)CO2. The van der Waals surface area contributed by atoms with E-state index in [2.05, 4.69) is 42.5 Å². The number of ether oxygens (including phenoxy) is 1. The summed E-state index contributed by atoms with van der Waals surface area (Å²) in [7, 11) is 0. The van der Waals surface area contributed by atoms with Crippen LogP contribution in [0.4, 0.5) is 0 Å². The first kappa shape index (κ1) is 13.2. The van der Waals surface area contributed by atoms with Gasteiger partial charge in [0.15, 0.2) is 0 Å². The number of aryl methyl sites for hydroxylation is 2. The molecule has 0 unspecified atom stereocenters. The van der Waals surface area contributed by atoms with Gasteiger partial charge in [0.2, 0.25) is 0 Å².